The smallest absolute Gasteiger partial charge is 0.261 e. The number of hydrogen-bond donors (Lipinski definition) is 2. The van der Waals surface area contributed by atoms with Crippen molar-refractivity contribution in [1.82, 2.24) is 10.6 Å². The minimum absolute atomic E-state index is 0.0582. The zero-order chi connectivity index (χ0) is 17.6. The third-order valence-electron chi connectivity index (χ3n) is 4.46. The van der Waals surface area contributed by atoms with Crippen molar-refractivity contribution in [3.05, 3.63) is 57.8 Å². The maximum Gasteiger partial charge on any atom is 0.261 e. The van der Waals surface area contributed by atoms with E-state index < -0.39 is 0 Å². The topological polar surface area (TPSA) is 58.2 Å². The minimum Gasteiger partial charge on any atom is -0.351 e. The van der Waals surface area contributed by atoms with Gasteiger partial charge in [-0.3, -0.25) is 9.59 Å². The second kappa shape index (κ2) is 8.30. The maximum absolute atomic E-state index is 12.3. The molecule has 132 valence electrons. The molecule has 2 aromatic rings. The number of aryl methyl sites for hydroxylation is 1. The molecule has 1 aliphatic rings. The molecule has 2 N–H and O–H groups in total. The predicted octanol–water partition coefficient (Wildman–Crippen LogP) is 3.83. The van der Waals surface area contributed by atoms with Gasteiger partial charge >= 0.3 is 0 Å². The molecule has 0 aliphatic heterocycles. The van der Waals surface area contributed by atoms with E-state index in [1.165, 1.54) is 35.3 Å². The van der Waals surface area contributed by atoms with Crippen molar-refractivity contribution in [3.63, 3.8) is 0 Å². The highest BCUT2D eigenvalue weighted by atomic mass is 32.1. The number of benzene rings is 1. The van der Waals surface area contributed by atoms with Gasteiger partial charge in [-0.05, 0) is 49.1 Å². The molecular weight excluding hydrogens is 332 g/mol. The van der Waals surface area contributed by atoms with Gasteiger partial charge in [0.1, 0.15) is 0 Å². The van der Waals surface area contributed by atoms with Gasteiger partial charge in [-0.15, -0.1) is 11.3 Å². The molecule has 1 atom stereocenters. The molecule has 5 heteroatoms. The summed E-state index contributed by atoms with van der Waals surface area (Å²) in [7, 11) is 0. The summed E-state index contributed by atoms with van der Waals surface area (Å²) in [6.45, 7) is 2.59. The lowest BCUT2D eigenvalue weighted by atomic mass is 10.0. The summed E-state index contributed by atoms with van der Waals surface area (Å²) in [4.78, 5) is 24.8. The van der Waals surface area contributed by atoms with E-state index >= 15 is 0 Å². The second-order valence-electron chi connectivity index (χ2n) is 6.63. The Morgan fingerprint density at radius 1 is 1.20 bits per heavy atom. The summed E-state index contributed by atoms with van der Waals surface area (Å²) in [6.07, 6.45) is 3.43. The first-order valence-corrected chi connectivity index (χ1v) is 9.69. The van der Waals surface area contributed by atoms with Crippen LogP contribution in [-0.4, -0.2) is 18.4 Å². The van der Waals surface area contributed by atoms with E-state index in [4.69, 9.17) is 0 Å². The summed E-state index contributed by atoms with van der Waals surface area (Å²) in [5.41, 5.74) is 2.42. The lowest BCUT2D eigenvalue weighted by molar-refractivity contribution is -0.122. The Labute approximate surface area is 152 Å². The van der Waals surface area contributed by atoms with E-state index in [1.54, 1.807) is 6.07 Å². The van der Waals surface area contributed by atoms with Crippen LogP contribution in [-0.2, 0) is 4.79 Å². The van der Waals surface area contributed by atoms with E-state index in [0.29, 0.717) is 30.2 Å². The molecule has 2 amide bonds. The van der Waals surface area contributed by atoms with Gasteiger partial charge in [-0.2, -0.15) is 0 Å². The standard InChI is InChI=1S/C20H24N2O2S/c1-14-6-8-15(9-7-14)19(16-10-11-16)22-18(23)5-2-12-21-20(24)17-4-3-13-25-17/h3-4,6-9,13,16,19H,2,5,10-12H2,1H3,(H,21,24)(H,22,23). The number of carbonyl (C=O) groups excluding carboxylic acids is 2. The number of hydrogen-bond acceptors (Lipinski definition) is 3. The van der Waals surface area contributed by atoms with Crippen LogP contribution in [0.15, 0.2) is 41.8 Å². The van der Waals surface area contributed by atoms with Gasteiger partial charge in [0.2, 0.25) is 5.91 Å². The van der Waals surface area contributed by atoms with Crippen LogP contribution in [0.25, 0.3) is 0 Å². The molecule has 1 heterocycles. The molecule has 0 radical (unpaired) electrons. The highest BCUT2D eigenvalue weighted by molar-refractivity contribution is 7.12. The van der Waals surface area contributed by atoms with E-state index in [9.17, 15) is 9.59 Å². The average molecular weight is 356 g/mol. The maximum atomic E-state index is 12.3. The van der Waals surface area contributed by atoms with Gasteiger partial charge in [0.05, 0.1) is 10.9 Å². The molecule has 3 rings (SSSR count). The quantitative estimate of drug-likeness (QED) is 0.706. The fourth-order valence-electron chi connectivity index (χ4n) is 2.87. The molecule has 0 saturated heterocycles. The molecule has 0 spiro atoms. The van der Waals surface area contributed by atoms with Crippen molar-refractivity contribution in [1.29, 1.82) is 0 Å². The van der Waals surface area contributed by atoms with Crippen LogP contribution in [0.4, 0.5) is 0 Å². The Bertz CT molecular complexity index is 706. The van der Waals surface area contributed by atoms with Gasteiger partial charge in [0.25, 0.3) is 5.91 Å². The van der Waals surface area contributed by atoms with Gasteiger partial charge < -0.3 is 10.6 Å². The van der Waals surface area contributed by atoms with E-state index in [-0.39, 0.29) is 17.9 Å². The zero-order valence-electron chi connectivity index (χ0n) is 14.5. The fraction of sp³-hybridized carbons (Fsp3) is 0.400. The van der Waals surface area contributed by atoms with Crippen molar-refractivity contribution in [2.24, 2.45) is 5.92 Å². The summed E-state index contributed by atoms with van der Waals surface area (Å²) in [6, 6.07) is 12.2. The molecule has 1 aliphatic carbocycles. The molecule has 1 saturated carbocycles. The molecule has 25 heavy (non-hydrogen) atoms. The molecular formula is C20H24N2O2S. The fourth-order valence-corrected chi connectivity index (χ4v) is 3.51. The first kappa shape index (κ1) is 17.7. The van der Waals surface area contributed by atoms with Crippen molar-refractivity contribution < 1.29 is 9.59 Å². The van der Waals surface area contributed by atoms with Crippen LogP contribution >= 0.6 is 11.3 Å². The van der Waals surface area contributed by atoms with Crippen LogP contribution in [0.5, 0.6) is 0 Å². The van der Waals surface area contributed by atoms with Crippen molar-refractivity contribution in [2.45, 2.75) is 38.6 Å². The Balaban J connectivity index is 1.43. The molecule has 1 unspecified atom stereocenters. The lowest BCUT2D eigenvalue weighted by Gasteiger charge is -2.19. The first-order chi connectivity index (χ1) is 12.1. The second-order valence-corrected chi connectivity index (χ2v) is 7.58. The first-order valence-electron chi connectivity index (χ1n) is 8.81. The number of thiophene rings is 1. The van der Waals surface area contributed by atoms with E-state index in [2.05, 4.69) is 41.8 Å². The third-order valence-corrected chi connectivity index (χ3v) is 5.33. The van der Waals surface area contributed by atoms with Gasteiger partial charge in [-0.1, -0.05) is 35.9 Å². The average Bonchev–Trinajstić information content (AvgIpc) is 3.30. The zero-order valence-corrected chi connectivity index (χ0v) is 15.3. The summed E-state index contributed by atoms with van der Waals surface area (Å²) >= 11 is 1.42. The third kappa shape index (κ3) is 5.16. The molecule has 0 bridgehead atoms. The lowest BCUT2D eigenvalue weighted by Crippen LogP contribution is -2.31. The number of carbonyl (C=O) groups is 2. The molecule has 1 fully saturated rings. The molecule has 1 aromatic carbocycles. The van der Waals surface area contributed by atoms with Gasteiger partial charge in [-0.25, -0.2) is 0 Å². The Morgan fingerprint density at radius 2 is 1.96 bits per heavy atom. The van der Waals surface area contributed by atoms with Crippen molar-refractivity contribution in [3.8, 4) is 0 Å². The summed E-state index contributed by atoms with van der Waals surface area (Å²) in [5.74, 6) is 0.555. The number of nitrogens with one attached hydrogen (secondary N) is 2. The van der Waals surface area contributed by atoms with Gasteiger partial charge in [0, 0.05) is 13.0 Å². The van der Waals surface area contributed by atoms with E-state index in [0.717, 1.165) is 0 Å². The van der Waals surface area contributed by atoms with Crippen LogP contribution in [0, 0.1) is 12.8 Å². The van der Waals surface area contributed by atoms with Crippen LogP contribution < -0.4 is 10.6 Å². The van der Waals surface area contributed by atoms with Crippen molar-refractivity contribution in [2.75, 3.05) is 6.54 Å². The monoisotopic (exact) mass is 356 g/mol. The summed E-state index contributed by atoms with van der Waals surface area (Å²) in [5, 5.41) is 7.92. The van der Waals surface area contributed by atoms with Gasteiger partial charge in [0.15, 0.2) is 0 Å². The highest BCUT2D eigenvalue weighted by Crippen LogP contribution is 2.41. The Kier molecular flexibility index (Phi) is 5.87. The van der Waals surface area contributed by atoms with Crippen molar-refractivity contribution >= 4 is 23.2 Å². The Morgan fingerprint density at radius 3 is 2.60 bits per heavy atom. The molecule has 4 nitrogen and oxygen atoms in total. The number of amides is 2. The van der Waals surface area contributed by atoms with Crippen LogP contribution in [0.2, 0.25) is 0 Å². The SMILES string of the molecule is Cc1ccc(C(NC(=O)CCCNC(=O)c2cccs2)C2CC2)cc1. The Hall–Kier alpha value is -2.14. The predicted molar refractivity (Wildman–Crippen MR) is 101 cm³/mol. The highest BCUT2D eigenvalue weighted by Gasteiger charge is 2.33. The molecule has 1 aromatic heterocycles. The summed E-state index contributed by atoms with van der Waals surface area (Å²) < 4.78 is 0. The van der Waals surface area contributed by atoms with Crippen LogP contribution in [0.1, 0.15) is 52.5 Å². The number of rotatable bonds is 8. The largest absolute Gasteiger partial charge is 0.351 e. The van der Waals surface area contributed by atoms with E-state index in [1.807, 2.05) is 11.4 Å². The normalized spacial score (nSPS) is 14.8. The minimum atomic E-state index is -0.0640. The van der Waals surface area contributed by atoms with Crippen LogP contribution in [0.3, 0.4) is 0 Å².